The van der Waals surface area contributed by atoms with Crippen molar-refractivity contribution in [1.29, 1.82) is 0 Å². The molecule has 2 heterocycles. The smallest absolute Gasteiger partial charge is 0.334 e. The number of halogens is 4. The quantitative estimate of drug-likeness (QED) is 0.0249. The van der Waals surface area contributed by atoms with Crippen LogP contribution in [-0.4, -0.2) is 57.0 Å². The first-order valence-corrected chi connectivity index (χ1v) is 27.9. The summed E-state index contributed by atoms with van der Waals surface area (Å²) < 4.78 is 84.6. The number of hydrogen-bond acceptors (Lipinski definition) is 16. The highest BCUT2D eigenvalue weighted by molar-refractivity contribution is 7.17. The summed E-state index contributed by atoms with van der Waals surface area (Å²) in [5, 5.41) is -0.331. The molecule has 4 aliphatic rings. The zero-order chi connectivity index (χ0) is 59.8. The van der Waals surface area contributed by atoms with Gasteiger partial charge in [0.1, 0.15) is 59.7 Å². The average Bonchev–Trinajstić information content (AvgIpc) is 1.54. The minimum Gasteiger partial charge on any atom is -0.459 e. The van der Waals surface area contributed by atoms with Crippen molar-refractivity contribution in [1.82, 2.24) is 9.97 Å². The molecule has 422 valence electrons. The third-order valence-corrected chi connectivity index (χ3v) is 17.2. The fourth-order valence-corrected chi connectivity index (χ4v) is 13.3. The standard InChI is InChI=1S/C66H36F4N2O12S2/c67-37-21-39-41(53(73)55(75)51(39)47(69)23-37)27-49-71-59-57(85-49)43-26-46-44(25-45(43)65(59,61(77)81-29-33-13-5-1-6-14-33)62(78)82-30-34-15-7-2-8-16-34)58-60(72-50(86-58)28-42-40-22-38(68)24-48(70)52(40)56(76)54(42)74)66(46,63(79)83-31-35-17-9-3-10-18-35)64(80)84-32-36-19-11-4-12-20-36/h1-28H,29-32H2/b41-27-,42-28-. The Morgan fingerprint density at radius 2 is 0.709 bits per heavy atom. The monoisotopic (exact) mass is 1190 g/mol. The first-order valence-electron chi connectivity index (χ1n) is 26.2. The lowest BCUT2D eigenvalue weighted by Gasteiger charge is -2.28. The van der Waals surface area contributed by atoms with Gasteiger partial charge in [0.25, 0.3) is 0 Å². The van der Waals surface area contributed by atoms with E-state index in [4.69, 9.17) is 28.9 Å². The van der Waals surface area contributed by atoms with Gasteiger partial charge in [-0.2, -0.15) is 0 Å². The number of nitrogens with zero attached hydrogens (tertiary/aromatic N) is 2. The summed E-state index contributed by atoms with van der Waals surface area (Å²) in [6.07, 6.45) is 2.17. The Morgan fingerprint density at radius 1 is 0.407 bits per heavy atom. The highest BCUT2D eigenvalue weighted by Crippen LogP contribution is 2.60. The normalized spacial score (nSPS) is 15.4. The van der Waals surface area contributed by atoms with Crippen molar-refractivity contribution in [2.45, 2.75) is 37.3 Å². The maximum atomic E-state index is 15.7. The Hall–Kier alpha value is -10.4. The van der Waals surface area contributed by atoms with E-state index in [9.17, 15) is 28.0 Å². The third kappa shape index (κ3) is 8.82. The van der Waals surface area contributed by atoms with Crippen LogP contribution < -0.4 is 0 Å². The number of allylic oxidation sites excluding steroid dienone is 2. The summed E-state index contributed by atoms with van der Waals surface area (Å²) in [6, 6.07) is 39.1. The van der Waals surface area contributed by atoms with Crippen LogP contribution in [0, 0.1) is 23.3 Å². The van der Waals surface area contributed by atoms with Gasteiger partial charge in [0.15, 0.2) is 0 Å². The number of carbonyl (C=O) groups is 8. The lowest BCUT2D eigenvalue weighted by atomic mass is 9.76. The maximum Gasteiger partial charge on any atom is 0.334 e. The van der Waals surface area contributed by atoms with E-state index in [1.54, 1.807) is 121 Å². The lowest BCUT2D eigenvalue weighted by Crippen LogP contribution is -2.47. The highest BCUT2D eigenvalue weighted by Gasteiger charge is 2.65. The van der Waals surface area contributed by atoms with Gasteiger partial charge in [-0.3, -0.25) is 38.4 Å². The van der Waals surface area contributed by atoms with Crippen LogP contribution in [0.4, 0.5) is 17.6 Å². The lowest BCUT2D eigenvalue weighted by molar-refractivity contribution is -0.166. The molecule has 0 spiro atoms. The minimum atomic E-state index is -2.74. The van der Waals surface area contributed by atoms with Gasteiger partial charge < -0.3 is 18.9 Å². The topological polar surface area (TPSA) is 199 Å². The van der Waals surface area contributed by atoms with Crippen molar-refractivity contribution in [3.8, 4) is 20.9 Å². The molecule has 9 aromatic rings. The number of hydrogen-bond donors (Lipinski definition) is 0. The van der Waals surface area contributed by atoms with E-state index in [0.717, 1.165) is 47.0 Å². The van der Waals surface area contributed by atoms with Crippen LogP contribution in [0.1, 0.15) is 86.6 Å². The highest BCUT2D eigenvalue weighted by atomic mass is 32.1. The van der Waals surface area contributed by atoms with Gasteiger partial charge in [-0.05, 0) is 80.9 Å². The van der Waals surface area contributed by atoms with E-state index in [-0.39, 0.29) is 64.5 Å². The first kappa shape index (κ1) is 54.8. The molecule has 0 bridgehead atoms. The van der Waals surface area contributed by atoms with Crippen LogP contribution >= 0.6 is 22.7 Å². The van der Waals surface area contributed by atoms with Crippen molar-refractivity contribution in [2.24, 2.45) is 0 Å². The summed E-state index contributed by atoms with van der Waals surface area (Å²) >= 11 is 1.53. The Morgan fingerprint density at radius 3 is 1.01 bits per heavy atom. The number of esters is 4. The van der Waals surface area contributed by atoms with Gasteiger partial charge in [0.05, 0.1) is 32.3 Å². The molecular weight excluding hydrogens is 1150 g/mol. The molecular formula is C66H36F4N2O12S2. The van der Waals surface area contributed by atoms with Crippen molar-refractivity contribution >= 4 is 93.0 Å². The van der Waals surface area contributed by atoms with Crippen LogP contribution in [0.2, 0.25) is 0 Å². The molecule has 0 unspecified atom stereocenters. The number of fused-ring (bicyclic) bond motifs is 8. The molecule has 0 N–H and O–H groups in total. The zero-order valence-electron chi connectivity index (χ0n) is 44.1. The Labute approximate surface area is 491 Å². The molecule has 20 heteroatoms. The van der Waals surface area contributed by atoms with Crippen molar-refractivity contribution in [3.05, 3.63) is 258 Å². The van der Waals surface area contributed by atoms with Crippen LogP contribution in [0.25, 0.3) is 44.2 Å². The van der Waals surface area contributed by atoms with E-state index in [1.165, 1.54) is 12.1 Å². The van der Waals surface area contributed by atoms with E-state index in [0.29, 0.717) is 34.4 Å². The Bertz CT molecular complexity index is 4130. The summed E-state index contributed by atoms with van der Waals surface area (Å²) in [6.45, 7) is -1.64. The summed E-state index contributed by atoms with van der Waals surface area (Å²) in [5.41, 5.74) is -7.59. The van der Waals surface area contributed by atoms with Gasteiger partial charge in [0, 0.05) is 34.4 Å². The van der Waals surface area contributed by atoms with Crippen LogP contribution in [0.3, 0.4) is 0 Å². The number of ether oxygens (including phenoxy) is 4. The van der Waals surface area contributed by atoms with E-state index in [2.05, 4.69) is 0 Å². The SMILES string of the molecule is O=C1C(=O)c2c(F)cc(F)cc2/C1=C/c1nc2c(s1)-c1cc3c(cc1C2(C(=O)OCc1ccccc1)C(=O)OCc1ccccc1)-c1sc(/C=C2\C(=O)C(=O)c4c(F)cc(F)cc42)nc1C3(C(=O)OCc1ccccc1)C(=O)OCc1ccccc1. The molecule has 0 radical (unpaired) electrons. The molecule has 14 nitrogen and oxygen atoms in total. The largest absolute Gasteiger partial charge is 0.459 e. The second-order valence-electron chi connectivity index (χ2n) is 20.2. The number of benzene rings is 7. The number of ketones is 4. The second kappa shape index (κ2) is 21.3. The molecule has 86 heavy (non-hydrogen) atoms. The average molecular weight is 1190 g/mol. The molecule has 7 aromatic carbocycles. The molecule has 0 amide bonds. The van der Waals surface area contributed by atoms with Crippen LogP contribution in [-0.2, 0) is 85.0 Å². The molecule has 2 aromatic heterocycles. The molecule has 0 aliphatic heterocycles. The number of carbonyl (C=O) groups excluding carboxylic acids is 8. The van der Waals surface area contributed by atoms with E-state index >= 15 is 28.0 Å². The van der Waals surface area contributed by atoms with Crippen molar-refractivity contribution < 1.29 is 74.9 Å². The van der Waals surface area contributed by atoms with Gasteiger partial charge in [-0.15, -0.1) is 22.7 Å². The predicted octanol–water partition coefficient (Wildman–Crippen LogP) is 11.3. The second-order valence-corrected chi connectivity index (χ2v) is 22.3. The first-order chi connectivity index (χ1) is 41.6. The van der Waals surface area contributed by atoms with Gasteiger partial charge in [0.2, 0.25) is 34.0 Å². The molecule has 4 aliphatic carbocycles. The summed E-state index contributed by atoms with van der Waals surface area (Å²) in [7, 11) is 0. The molecule has 0 fully saturated rings. The minimum absolute atomic E-state index is 0.00535. The zero-order valence-corrected chi connectivity index (χ0v) is 45.7. The number of aromatic nitrogens is 2. The summed E-state index contributed by atoms with van der Waals surface area (Å²) in [5.74, 6) is -14.7. The van der Waals surface area contributed by atoms with Crippen molar-refractivity contribution in [2.75, 3.05) is 0 Å². The fourth-order valence-electron chi connectivity index (χ4n) is 11.1. The van der Waals surface area contributed by atoms with Crippen LogP contribution in [0.5, 0.6) is 0 Å². The fraction of sp³-hybridized carbons (Fsp3) is 0.0909. The molecule has 0 saturated heterocycles. The van der Waals surface area contributed by atoms with E-state index < -0.39 is 130 Å². The molecule has 0 saturated carbocycles. The predicted molar refractivity (Wildman–Crippen MR) is 302 cm³/mol. The number of Topliss-reactive ketones (excluding diaryl/α,β-unsaturated/α-hetero) is 4. The number of rotatable bonds is 14. The summed E-state index contributed by atoms with van der Waals surface area (Å²) in [4.78, 5) is 126. The van der Waals surface area contributed by atoms with Crippen molar-refractivity contribution in [3.63, 3.8) is 0 Å². The van der Waals surface area contributed by atoms with Crippen LogP contribution in [0.15, 0.2) is 158 Å². The van der Waals surface area contributed by atoms with E-state index in [1.807, 2.05) is 0 Å². The number of thiazole rings is 2. The Kier molecular flexibility index (Phi) is 13.6. The molecule has 13 rings (SSSR count). The van der Waals surface area contributed by atoms with Gasteiger partial charge >= 0.3 is 23.9 Å². The third-order valence-electron chi connectivity index (χ3n) is 15.1. The Balaban J connectivity index is 1.07. The van der Waals surface area contributed by atoms with Gasteiger partial charge in [-0.1, -0.05) is 121 Å². The molecule has 0 atom stereocenters. The maximum absolute atomic E-state index is 15.7. The van der Waals surface area contributed by atoms with Gasteiger partial charge in [-0.25, -0.2) is 27.5 Å².